The van der Waals surface area contributed by atoms with Gasteiger partial charge in [0.05, 0.1) is 12.4 Å². The van der Waals surface area contributed by atoms with E-state index in [0.29, 0.717) is 24.7 Å². The third kappa shape index (κ3) is 3.70. The summed E-state index contributed by atoms with van der Waals surface area (Å²) in [4.78, 5) is 4.00. The van der Waals surface area contributed by atoms with E-state index in [9.17, 15) is 8.42 Å². The standard InChI is InChI=1S/C14H17ClN4O2S.ClH/c1-18-9-14(17-10-18)22(20,21)19-6-5-16-8-13(19)11-3-2-4-12(15)7-11;/h2-4,7,9-10,13,16H,5-6,8H2,1H3;1H. The first-order valence-corrected chi connectivity index (χ1v) is 8.76. The first kappa shape index (κ1) is 18.2. The van der Waals surface area contributed by atoms with Crippen molar-refractivity contribution < 1.29 is 8.42 Å². The molecule has 0 spiro atoms. The Morgan fingerprint density at radius 3 is 2.83 bits per heavy atom. The Morgan fingerprint density at radius 1 is 1.39 bits per heavy atom. The minimum atomic E-state index is -3.63. The Labute approximate surface area is 146 Å². The lowest BCUT2D eigenvalue weighted by atomic mass is 10.1. The van der Waals surface area contributed by atoms with Gasteiger partial charge in [-0.05, 0) is 17.7 Å². The van der Waals surface area contributed by atoms with Crippen LogP contribution >= 0.6 is 24.0 Å². The quantitative estimate of drug-likeness (QED) is 0.886. The van der Waals surface area contributed by atoms with Crippen LogP contribution in [0.2, 0.25) is 5.02 Å². The molecule has 1 unspecified atom stereocenters. The summed E-state index contributed by atoms with van der Waals surface area (Å²) in [5.74, 6) is 0. The molecule has 2 heterocycles. The fraction of sp³-hybridized carbons (Fsp3) is 0.357. The molecule has 1 aliphatic heterocycles. The first-order chi connectivity index (χ1) is 10.5. The number of imidazole rings is 1. The number of rotatable bonds is 3. The first-order valence-electron chi connectivity index (χ1n) is 6.94. The van der Waals surface area contributed by atoms with Crippen molar-refractivity contribution in [1.29, 1.82) is 0 Å². The molecule has 126 valence electrons. The van der Waals surface area contributed by atoms with E-state index in [1.165, 1.54) is 16.8 Å². The molecule has 23 heavy (non-hydrogen) atoms. The van der Waals surface area contributed by atoms with Gasteiger partial charge in [-0.25, -0.2) is 13.4 Å². The molecule has 1 fully saturated rings. The van der Waals surface area contributed by atoms with Crippen molar-refractivity contribution in [3.8, 4) is 0 Å². The minimum Gasteiger partial charge on any atom is -0.339 e. The fourth-order valence-corrected chi connectivity index (χ4v) is 4.40. The molecule has 3 rings (SSSR count). The summed E-state index contributed by atoms with van der Waals surface area (Å²) < 4.78 is 28.8. The number of benzene rings is 1. The van der Waals surface area contributed by atoms with Gasteiger partial charge >= 0.3 is 0 Å². The number of piperazine rings is 1. The van der Waals surface area contributed by atoms with Crippen LogP contribution < -0.4 is 5.32 Å². The van der Waals surface area contributed by atoms with Gasteiger partial charge in [-0.15, -0.1) is 12.4 Å². The molecule has 6 nitrogen and oxygen atoms in total. The third-order valence-corrected chi connectivity index (χ3v) is 5.71. The highest BCUT2D eigenvalue weighted by Crippen LogP contribution is 2.29. The van der Waals surface area contributed by atoms with Crippen LogP contribution in [0.15, 0.2) is 41.8 Å². The Morgan fingerprint density at radius 2 is 2.17 bits per heavy atom. The zero-order valence-corrected chi connectivity index (χ0v) is 14.9. The molecule has 0 amide bonds. The normalized spacial score (nSPS) is 19.3. The second-order valence-corrected chi connectivity index (χ2v) is 7.54. The number of hydrogen-bond donors (Lipinski definition) is 1. The smallest absolute Gasteiger partial charge is 0.262 e. The fourth-order valence-electron chi connectivity index (χ4n) is 2.61. The highest BCUT2D eigenvalue weighted by Gasteiger charge is 2.35. The molecule has 0 saturated carbocycles. The Balaban J connectivity index is 0.00000192. The average molecular weight is 377 g/mol. The number of hydrogen-bond acceptors (Lipinski definition) is 4. The highest BCUT2D eigenvalue weighted by atomic mass is 35.5. The highest BCUT2D eigenvalue weighted by molar-refractivity contribution is 7.89. The van der Waals surface area contributed by atoms with Gasteiger partial charge in [0, 0.05) is 37.9 Å². The Kier molecular flexibility index (Phi) is 5.70. The van der Waals surface area contributed by atoms with Crippen LogP contribution in [0.1, 0.15) is 11.6 Å². The van der Waals surface area contributed by atoms with Crippen molar-refractivity contribution in [3.05, 3.63) is 47.4 Å². The molecule has 0 bridgehead atoms. The van der Waals surface area contributed by atoms with Crippen LogP contribution in [0.3, 0.4) is 0 Å². The van der Waals surface area contributed by atoms with E-state index in [-0.39, 0.29) is 23.5 Å². The lowest BCUT2D eigenvalue weighted by Crippen LogP contribution is -2.48. The van der Waals surface area contributed by atoms with Gasteiger partial charge in [0.2, 0.25) is 0 Å². The van der Waals surface area contributed by atoms with E-state index < -0.39 is 10.0 Å². The predicted molar refractivity (Wildman–Crippen MR) is 91.4 cm³/mol. The average Bonchev–Trinajstić information content (AvgIpc) is 2.95. The van der Waals surface area contributed by atoms with Crippen LogP contribution in [0.4, 0.5) is 0 Å². The van der Waals surface area contributed by atoms with E-state index in [1.807, 2.05) is 12.1 Å². The molecule has 0 aliphatic carbocycles. The molecule has 1 aromatic heterocycles. The van der Waals surface area contributed by atoms with Crippen LogP contribution in [0, 0.1) is 0 Å². The van der Waals surface area contributed by atoms with Crippen LogP contribution in [-0.4, -0.2) is 41.9 Å². The Bertz CT molecular complexity index is 779. The maximum atomic E-state index is 12.9. The Hall–Kier alpha value is -1.12. The summed E-state index contributed by atoms with van der Waals surface area (Å²) in [6, 6.07) is 7.01. The van der Waals surface area contributed by atoms with Crippen LogP contribution in [0.5, 0.6) is 0 Å². The monoisotopic (exact) mass is 376 g/mol. The molecule has 1 aromatic carbocycles. The van der Waals surface area contributed by atoms with Gasteiger partial charge < -0.3 is 9.88 Å². The van der Waals surface area contributed by atoms with Crippen LogP contribution in [0.25, 0.3) is 0 Å². The number of aromatic nitrogens is 2. The van der Waals surface area contributed by atoms with Gasteiger partial charge in [-0.2, -0.15) is 4.31 Å². The van der Waals surface area contributed by atoms with E-state index in [2.05, 4.69) is 10.3 Å². The number of sulfonamides is 1. The van der Waals surface area contributed by atoms with Crippen molar-refractivity contribution in [2.24, 2.45) is 7.05 Å². The molecule has 2 aromatic rings. The molecule has 0 radical (unpaired) electrons. The van der Waals surface area contributed by atoms with Crippen LogP contribution in [-0.2, 0) is 17.1 Å². The maximum absolute atomic E-state index is 12.9. The number of aryl methyl sites for hydroxylation is 1. The van der Waals surface area contributed by atoms with Gasteiger partial charge in [0.15, 0.2) is 5.03 Å². The molecular formula is C14H18Cl2N4O2S. The van der Waals surface area contributed by atoms with E-state index in [4.69, 9.17) is 11.6 Å². The molecule has 1 N–H and O–H groups in total. The van der Waals surface area contributed by atoms with E-state index >= 15 is 0 Å². The van der Waals surface area contributed by atoms with E-state index in [0.717, 1.165) is 5.56 Å². The second-order valence-electron chi connectivity index (χ2n) is 5.27. The summed E-state index contributed by atoms with van der Waals surface area (Å²) >= 11 is 6.04. The van der Waals surface area contributed by atoms with Crippen molar-refractivity contribution >= 4 is 34.0 Å². The lowest BCUT2D eigenvalue weighted by Gasteiger charge is -2.35. The van der Waals surface area contributed by atoms with Gasteiger partial charge in [0.25, 0.3) is 10.0 Å². The third-order valence-electron chi connectivity index (χ3n) is 3.68. The second kappa shape index (κ2) is 7.19. The van der Waals surface area contributed by atoms with Gasteiger partial charge in [0.1, 0.15) is 0 Å². The van der Waals surface area contributed by atoms with Crippen molar-refractivity contribution in [2.75, 3.05) is 19.6 Å². The van der Waals surface area contributed by atoms with Gasteiger partial charge in [-0.1, -0.05) is 23.7 Å². The maximum Gasteiger partial charge on any atom is 0.262 e. The zero-order valence-electron chi connectivity index (χ0n) is 12.5. The molecule has 1 saturated heterocycles. The van der Waals surface area contributed by atoms with Gasteiger partial charge in [-0.3, -0.25) is 0 Å². The number of halogens is 2. The predicted octanol–water partition coefficient (Wildman–Crippen LogP) is 1.83. The number of nitrogens with one attached hydrogen (secondary N) is 1. The largest absolute Gasteiger partial charge is 0.339 e. The van der Waals surface area contributed by atoms with Crippen molar-refractivity contribution in [3.63, 3.8) is 0 Å². The summed E-state index contributed by atoms with van der Waals surface area (Å²) in [6.45, 7) is 1.56. The number of nitrogens with zero attached hydrogens (tertiary/aromatic N) is 3. The minimum absolute atomic E-state index is 0. The molecular weight excluding hydrogens is 359 g/mol. The van der Waals surface area contributed by atoms with Crippen molar-refractivity contribution in [1.82, 2.24) is 19.2 Å². The molecule has 1 aliphatic rings. The summed E-state index contributed by atoms with van der Waals surface area (Å²) in [5.41, 5.74) is 0.874. The molecule has 9 heteroatoms. The van der Waals surface area contributed by atoms with E-state index in [1.54, 1.807) is 23.7 Å². The topological polar surface area (TPSA) is 67.2 Å². The summed E-state index contributed by atoms with van der Waals surface area (Å²) in [7, 11) is -1.88. The SMILES string of the molecule is Cl.Cn1cnc(S(=O)(=O)N2CCNCC2c2cccc(Cl)c2)c1. The summed E-state index contributed by atoms with van der Waals surface area (Å²) in [6.07, 6.45) is 3.01. The summed E-state index contributed by atoms with van der Waals surface area (Å²) in [5, 5.41) is 3.91. The zero-order chi connectivity index (χ0) is 15.7. The lowest BCUT2D eigenvalue weighted by molar-refractivity contribution is 0.271. The molecule has 1 atom stereocenters. The van der Waals surface area contributed by atoms with Crippen molar-refractivity contribution in [2.45, 2.75) is 11.1 Å².